The molecule has 1 rings (SSSR count). The summed E-state index contributed by atoms with van der Waals surface area (Å²) in [4.78, 5) is 34.4. The van der Waals surface area contributed by atoms with Crippen molar-refractivity contribution in [2.75, 3.05) is 14.2 Å². The minimum absolute atomic E-state index is 0.222. The number of carbonyl (C=O) groups is 3. The molecule has 18 heavy (non-hydrogen) atoms. The van der Waals surface area contributed by atoms with Gasteiger partial charge in [0, 0.05) is 5.56 Å². The normalized spacial score (nSPS) is 11.5. The van der Waals surface area contributed by atoms with Gasteiger partial charge in [-0.15, -0.1) is 0 Å². The van der Waals surface area contributed by atoms with Crippen LogP contribution in [-0.2, 0) is 23.9 Å². The summed E-state index contributed by atoms with van der Waals surface area (Å²) in [6.45, 7) is 0. The predicted octanol–water partition coefficient (Wildman–Crippen LogP) is 0.824. The number of hydrogen-bond donors (Lipinski definition) is 0. The van der Waals surface area contributed by atoms with Crippen LogP contribution in [0, 0.1) is 5.82 Å². The van der Waals surface area contributed by atoms with Gasteiger partial charge in [0.15, 0.2) is 5.92 Å². The second-order valence-electron chi connectivity index (χ2n) is 3.33. The maximum atomic E-state index is 13.6. The van der Waals surface area contributed by atoms with E-state index in [1.165, 1.54) is 18.2 Å². The van der Waals surface area contributed by atoms with Gasteiger partial charge in [-0.1, -0.05) is 18.2 Å². The van der Waals surface area contributed by atoms with E-state index in [0.717, 1.165) is 20.3 Å². The van der Waals surface area contributed by atoms with Gasteiger partial charge in [0.1, 0.15) is 5.82 Å². The molecule has 0 aromatic heterocycles. The summed E-state index contributed by atoms with van der Waals surface area (Å²) in [5, 5.41) is 0. The standard InChI is InChI=1S/C12H11FO5/c1-17-11(15)9(10(14)12(16)18-2)7-5-3-4-6-8(7)13/h3-6,9H,1-2H3. The van der Waals surface area contributed by atoms with Crippen molar-refractivity contribution in [2.45, 2.75) is 5.92 Å². The largest absolute Gasteiger partial charge is 0.468 e. The van der Waals surface area contributed by atoms with Crippen molar-refractivity contribution in [3.63, 3.8) is 0 Å². The van der Waals surface area contributed by atoms with Crippen LogP contribution in [0.2, 0.25) is 0 Å². The first-order valence-electron chi connectivity index (χ1n) is 4.97. The van der Waals surface area contributed by atoms with Gasteiger partial charge in [-0.25, -0.2) is 9.18 Å². The van der Waals surface area contributed by atoms with Crippen molar-refractivity contribution in [3.05, 3.63) is 35.6 Å². The van der Waals surface area contributed by atoms with E-state index >= 15 is 0 Å². The zero-order valence-electron chi connectivity index (χ0n) is 9.81. The summed E-state index contributed by atoms with van der Waals surface area (Å²) < 4.78 is 22.2. The molecule has 0 fully saturated rings. The number of ether oxygens (including phenoxy) is 2. The number of halogens is 1. The van der Waals surface area contributed by atoms with Crippen molar-refractivity contribution < 1.29 is 28.2 Å². The van der Waals surface area contributed by atoms with Crippen LogP contribution in [0.1, 0.15) is 11.5 Å². The zero-order chi connectivity index (χ0) is 13.7. The monoisotopic (exact) mass is 254 g/mol. The average molecular weight is 254 g/mol. The first-order valence-corrected chi connectivity index (χ1v) is 4.97. The maximum Gasteiger partial charge on any atom is 0.375 e. The van der Waals surface area contributed by atoms with Crippen molar-refractivity contribution in [1.29, 1.82) is 0 Å². The van der Waals surface area contributed by atoms with Gasteiger partial charge in [-0.2, -0.15) is 0 Å². The Balaban J connectivity index is 3.23. The average Bonchev–Trinajstić information content (AvgIpc) is 2.39. The summed E-state index contributed by atoms with van der Waals surface area (Å²) in [5.74, 6) is -5.84. The second kappa shape index (κ2) is 5.90. The lowest BCUT2D eigenvalue weighted by Crippen LogP contribution is -2.30. The topological polar surface area (TPSA) is 69.7 Å². The van der Waals surface area contributed by atoms with Crippen LogP contribution in [0.15, 0.2) is 24.3 Å². The molecule has 0 saturated heterocycles. The number of carbonyl (C=O) groups excluding carboxylic acids is 3. The number of methoxy groups -OCH3 is 2. The number of hydrogen-bond acceptors (Lipinski definition) is 5. The first-order chi connectivity index (χ1) is 8.52. The van der Waals surface area contributed by atoms with Crippen molar-refractivity contribution in [3.8, 4) is 0 Å². The molecule has 0 N–H and O–H groups in total. The van der Waals surface area contributed by atoms with Gasteiger partial charge in [0.05, 0.1) is 14.2 Å². The van der Waals surface area contributed by atoms with Crippen molar-refractivity contribution in [1.82, 2.24) is 0 Å². The Morgan fingerprint density at radius 2 is 1.72 bits per heavy atom. The van der Waals surface area contributed by atoms with Crippen LogP contribution in [0.5, 0.6) is 0 Å². The molecule has 96 valence electrons. The quantitative estimate of drug-likeness (QED) is 0.452. The van der Waals surface area contributed by atoms with Crippen LogP contribution >= 0.6 is 0 Å². The molecule has 0 aliphatic heterocycles. The molecule has 0 spiro atoms. The molecule has 1 unspecified atom stereocenters. The number of ketones is 1. The molecule has 0 saturated carbocycles. The van der Waals surface area contributed by atoms with Gasteiger partial charge in [0.2, 0.25) is 0 Å². The lowest BCUT2D eigenvalue weighted by molar-refractivity contribution is -0.157. The van der Waals surface area contributed by atoms with Gasteiger partial charge in [0.25, 0.3) is 5.78 Å². The molecule has 1 aromatic rings. The fraction of sp³-hybridized carbons (Fsp3) is 0.250. The molecule has 1 atom stereocenters. The summed E-state index contributed by atoms with van der Waals surface area (Å²) in [5.41, 5.74) is -0.222. The van der Waals surface area contributed by atoms with E-state index in [4.69, 9.17) is 0 Å². The number of Topliss-reactive ketones (excluding diaryl/α,β-unsaturated/α-hetero) is 1. The summed E-state index contributed by atoms with van der Waals surface area (Å²) in [6, 6.07) is 5.16. The van der Waals surface area contributed by atoms with E-state index < -0.39 is 29.5 Å². The maximum absolute atomic E-state index is 13.6. The van der Waals surface area contributed by atoms with E-state index in [9.17, 15) is 18.8 Å². The van der Waals surface area contributed by atoms with Crippen LogP contribution in [0.25, 0.3) is 0 Å². The Morgan fingerprint density at radius 1 is 1.11 bits per heavy atom. The Kier molecular flexibility index (Phi) is 4.53. The van der Waals surface area contributed by atoms with Gasteiger partial charge in [-0.3, -0.25) is 9.59 Å². The number of benzene rings is 1. The molecule has 1 aromatic carbocycles. The second-order valence-corrected chi connectivity index (χ2v) is 3.33. The summed E-state index contributed by atoms with van der Waals surface area (Å²) >= 11 is 0. The Bertz CT molecular complexity index is 483. The van der Waals surface area contributed by atoms with Crippen molar-refractivity contribution in [2.24, 2.45) is 0 Å². The molecule has 6 heteroatoms. The lowest BCUT2D eigenvalue weighted by atomic mass is 9.94. The molecular weight excluding hydrogens is 243 g/mol. The minimum Gasteiger partial charge on any atom is -0.468 e. The molecule has 0 radical (unpaired) electrons. The molecule has 0 aliphatic rings. The zero-order valence-corrected chi connectivity index (χ0v) is 9.81. The fourth-order valence-corrected chi connectivity index (χ4v) is 1.42. The Hall–Kier alpha value is -2.24. The van der Waals surface area contributed by atoms with E-state index in [-0.39, 0.29) is 5.56 Å². The summed E-state index contributed by atoms with van der Waals surface area (Å²) in [7, 11) is 2.04. The summed E-state index contributed by atoms with van der Waals surface area (Å²) in [6.07, 6.45) is 0. The number of esters is 2. The Labute approximate surface area is 102 Å². The Morgan fingerprint density at radius 3 is 2.22 bits per heavy atom. The highest BCUT2D eigenvalue weighted by molar-refractivity contribution is 6.39. The van der Waals surface area contributed by atoms with Crippen LogP contribution < -0.4 is 0 Å². The van der Waals surface area contributed by atoms with E-state index in [0.29, 0.717) is 0 Å². The smallest absolute Gasteiger partial charge is 0.375 e. The molecule has 5 nitrogen and oxygen atoms in total. The third-order valence-electron chi connectivity index (χ3n) is 2.30. The van der Waals surface area contributed by atoms with Gasteiger partial charge in [-0.05, 0) is 6.07 Å². The molecule has 0 heterocycles. The fourth-order valence-electron chi connectivity index (χ4n) is 1.42. The number of rotatable bonds is 4. The third kappa shape index (κ3) is 2.71. The van der Waals surface area contributed by atoms with E-state index in [2.05, 4.69) is 9.47 Å². The lowest BCUT2D eigenvalue weighted by Gasteiger charge is -2.13. The molecular formula is C12H11FO5. The predicted molar refractivity (Wildman–Crippen MR) is 58.2 cm³/mol. The van der Waals surface area contributed by atoms with Crippen LogP contribution in [-0.4, -0.2) is 31.9 Å². The van der Waals surface area contributed by atoms with E-state index in [1.54, 1.807) is 0 Å². The minimum atomic E-state index is -1.65. The van der Waals surface area contributed by atoms with E-state index in [1.807, 2.05) is 0 Å². The van der Waals surface area contributed by atoms with Crippen molar-refractivity contribution >= 4 is 17.7 Å². The van der Waals surface area contributed by atoms with Crippen LogP contribution in [0.4, 0.5) is 4.39 Å². The first kappa shape index (κ1) is 13.8. The molecule has 0 bridgehead atoms. The highest BCUT2D eigenvalue weighted by Gasteiger charge is 2.36. The highest BCUT2D eigenvalue weighted by Crippen LogP contribution is 2.22. The SMILES string of the molecule is COC(=O)C(=O)C(C(=O)OC)c1ccccc1F. The van der Waals surface area contributed by atoms with Gasteiger partial charge < -0.3 is 9.47 Å². The molecule has 0 aliphatic carbocycles. The molecule has 0 amide bonds. The van der Waals surface area contributed by atoms with Crippen LogP contribution in [0.3, 0.4) is 0 Å². The van der Waals surface area contributed by atoms with Gasteiger partial charge >= 0.3 is 11.9 Å². The highest BCUT2D eigenvalue weighted by atomic mass is 19.1. The third-order valence-corrected chi connectivity index (χ3v) is 2.30.